The molecule has 0 saturated heterocycles. The van der Waals surface area contributed by atoms with E-state index in [9.17, 15) is 9.59 Å². The molecule has 0 aliphatic heterocycles. The lowest BCUT2D eigenvalue weighted by molar-refractivity contribution is -0.120. The van der Waals surface area contributed by atoms with Crippen LogP contribution in [0.3, 0.4) is 0 Å². The number of amides is 1. The SMILES string of the molecule is C[C@@H](Sc1nc2ccccc2c(=O)[nH]1)C(=O)NCCc1c[nH]c2ccccc12. The smallest absolute Gasteiger partial charge is 0.259 e. The number of hydrogen-bond donors (Lipinski definition) is 3. The highest BCUT2D eigenvalue weighted by molar-refractivity contribution is 8.00. The van der Waals surface area contributed by atoms with Crippen molar-refractivity contribution in [2.45, 2.75) is 23.8 Å². The van der Waals surface area contributed by atoms with Crippen LogP contribution in [0.1, 0.15) is 12.5 Å². The number of aromatic nitrogens is 3. The number of thioether (sulfide) groups is 1. The van der Waals surface area contributed by atoms with Crippen LogP contribution in [-0.4, -0.2) is 32.7 Å². The molecule has 2 heterocycles. The van der Waals surface area contributed by atoms with Crippen LogP contribution >= 0.6 is 11.8 Å². The zero-order valence-electron chi connectivity index (χ0n) is 15.4. The number of carbonyl (C=O) groups excluding carboxylic acids is 1. The van der Waals surface area contributed by atoms with E-state index in [2.05, 4.69) is 26.3 Å². The highest BCUT2D eigenvalue weighted by Crippen LogP contribution is 2.20. The molecule has 0 aliphatic carbocycles. The van der Waals surface area contributed by atoms with Crippen molar-refractivity contribution in [1.29, 1.82) is 0 Å². The minimum Gasteiger partial charge on any atom is -0.361 e. The topological polar surface area (TPSA) is 90.6 Å². The summed E-state index contributed by atoms with van der Waals surface area (Å²) in [7, 11) is 0. The Morgan fingerprint density at radius 2 is 1.89 bits per heavy atom. The first-order valence-electron chi connectivity index (χ1n) is 9.10. The Morgan fingerprint density at radius 1 is 1.14 bits per heavy atom. The Bertz CT molecular complexity index is 1200. The first-order chi connectivity index (χ1) is 13.6. The molecular formula is C21H20N4O2S. The molecule has 0 fully saturated rings. The van der Waals surface area contributed by atoms with Gasteiger partial charge in [-0.2, -0.15) is 0 Å². The van der Waals surface area contributed by atoms with E-state index in [0.29, 0.717) is 22.6 Å². The number of benzene rings is 2. The Hall–Kier alpha value is -3.06. The third-order valence-electron chi connectivity index (χ3n) is 4.62. The van der Waals surface area contributed by atoms with Gasteiger partial charge < -0.3 is 15.3 Å². The van der Waals surface area contributed by atoms with Gasteiger partial charge in [-0.25, -0.2) is 4.98 Å². The molecule has 0 spiro atoms. The molecule has 1 atom stereocenters. The van der Waals surface area contributed by atoms with Crippen LogP contribution in [0, 0.1) is 0 Å². The average molecular weight is 392 g/mol. The van der Waals surface area contributed by atoms with Crippen molar-refractivity contribution in [3.05, 3.63) is 70.6 Å². The van der Waals surface area contributed by atoms with Crippen LogP contribution < -0.4 is 10.9 Å². The molecule has 28 heavy (non-hydrogen) atoms. The van der Waals surface area contributed by atoms with Gasteiger partial charge in [0.15, 0.2) is 5.16 Å². The number of nitrogens with zero attached hydrogens (tertiary/aromatic N) is 1. The summed E-state index contributed by atoms with van der Waals surface area (Å²) in [6, 6.07) is 15.3. The van der Waals surface area contributed by atoms with E-state index in [0.717, 1.165) is 11.9 Å². The molecule has 7 heteroatoms. The second-order valence-electron chi connectivity index (χ2n) is 6.55. The van der Waals surface area contributed by atoms with Crippen LogP contribution in [0.15, 0.2) is 64.7 Å². The van der Waals surface area contributed by atoms with Gasteiger partial charge in [-0.3, -0.25) is 9.59 Å². The number of nitrogens with one attached hydrogen (secondary N) is 3. The summed E-state index contributed by atoms with van der Waals surface area (Å²) in [5.41, 5.74) is 2.71. The minimum absolute atomic E-state index is 0.0827. The number of carbonyl (C=O) groups is 1. The minimum atomic E-state index is -0.368. The normalized spacial score (nSPS) is 12.3. The fourth-order valence-electron chi connectivity index (χ4n) is 3.14. The van der Waals surface area contributed by atoms with Crippen molar-refractivity contribution < 1.29 is 4.79 Å². The molecule has 2 aromatic carbocycles. The zero-order valence-corrected chi connectivity index (χ0v) is 16.2. The molecule has 1 amide bonds. The molecule has 0 saturated carbocycles. The maximum absolute atomic E-state index is 12.4. The van der Waals surface area contributed by atoms with Gasteiger partial charge in [0, 0.05) is 23.6 Å². The van der Waals surface area contributed by atoms with Gasteiger partial charge in [-0.15, -0.1) is 0 Å². The van der Waals surface area contributed by atoms with E-state index in [1.54, 1.807) is 25.1 Å². The Balaban J connectivity index is 1.36. The van der Waals surface area contributed by atoms with E-state index in [-0.39, 0.29) is 16.7 Å². The quantitative estimate of drug-likeness (QED) is 0.347. The zero-order chi connectivity index (χ0) is 19.5. The first-order valence-corrected chi connectivity index (χ1v) is 9.98. The van der Waals surface area contributed by atoms with Gasteiger partial charge in [0.2, 0.25) is 5.91 Å². The van der Waals surface area contributed by atoms with Crippen molar-refractivity contribution in [3.8, 4) is 0 Å². The first kappa shape index (κ1) is 18.3. The van der Waals surface area contributed by atoms with E-state index in [4.69, 9.17) is 0 Å². The molecule has 4 rings (SSSR count). The number of para-hydroxylation sites is 2. The molecule has 6 nitrogen and oxygen atoms in total. The highest BCUT2D eigenvalue weighted by Gasteiger charge is 2.16. The molecule has 142 valence electrons. The third-order valence-corrected chi connectivity index (χ3v) is 5.60. The van der Waals surface area contributed by atoms with Gasteiger partial charge in [0.1, 0.15) is 0 Å². The van der Waals surface area contributed by atoms with Crippen molar-refractivity contribution in [2.24, 2.45) is 0 Å². The number of hydrogen-bond acceptors (Lipinski definition) is 4. The van der Waals surface area contributed by atoms with E-state index in [1.165, 1.54) is 22.7 Å². The van der Waals surface area contributed by atoms with E-state index >= 15 is 0 Å². The molecule has 0 bridgehead atoms. The third kappa shape index (κ3) is 3.80. The largest absolute Gasteiger partial charge is 0.361 e. The van der Waals surface area contributed by atoms with Crippen LogP contribution in [0.25, 0.3) is 21.8 Å². The lowest BCUT2D eigenvalue weighted by Gasteiger charge is -2.11. The average Bonchev–Trinajstić information content (AvgIpc) is 3.11. The highest BCUT2D eigenvalue weighted by atomic mass is 32.2. The standard InChI is InChI=1S/C21H20N4O2S/c1-13(28-21-24-18-9-5-3-7-16(18)20(27)25-21)19(26)22-11-10-14-12-23-17-8-4-2-6-15(14)17/h2-9,12-13,23H,10-11H2,1H3,(H,22,26)(H,24,25,27)/t13-/m1/s1. The lowest BCUT2D eigenvalue weighted by atomic mass is 10.1. The van der Waals surface area contributed by atoms with E-state index < -0.39 is 0 Å². The maximum atomic E-state index is 12.4. The molecule has 0 aliphatic rings. The summed E-state index contributed by atoms with van der Waals surface area (Å²) in [4.78, 5) is 35.0. The maximum Gasteiger partial charge on any atom is 0.259 e. The van der Waals surface area contributed by atoms with Crippen molar-refractivity contribution in [2.75, 3.05) is 6.54 Å². The molecule has 3 N–H and O–H groups in total. The monoisotopic (exact) mass is 392 g/mol. The number of H-pyrrole nitrogens is 2. The fraction of sp³-hybridized carbons (Fsp3) is 0.190. The summed E-state index contributed by atoms with van der Waals surface area (Å²) in [5.74, 6) is -0.0827. The van der Waals surface area contributed by atoms with Crippen molar-refractivity contribution in [1.82, 2.24) is 20.3 Å². The Kier molecular flexibility index (Phi) is 5.16. The van der Waals surface area contributed by atoms with Gasteiger partial charge in [-0.05, 0) is 37.1 Å². The second kappa shape index (κ2) is 7.90. The molecule has 2 aromatic heterocycles. The van der Waals surface area contributed by atoms with Crippen LogP contribution in [0.2, 0.25) is 0 Å². The van der Waals surface area contributed by atoms with Crippen LogP contribution in [-0.2, 0) is 11.2 Å². The molecular weight excluding hydrogens is 372 g/mol. The van der Waals surface area contributed by atoms with Crippen LogP contribution in [0.4, 0.5) is 0 Å². The predicted molar refractivity (Wildman–Crippen MR) is 113 cm³/mol. The molecule has 0 unspecified atom stereocenters. The summed E-state index contributed by atoms with van der Waals surface area (Å²) in [6.07, 6.45) is 2.73. The number of aromatic amines is 2. The molecule has 4 aromatic rings. The fourth-order valence-corrected chi connectivity index (χ4v) is 3.97. The summed E-state index contributed by atoms with van der Waals surface area (Å²) in [5, 5.41) is 4.76. The van der Waals surface area contributed by atoms with Crippen molar-refractivity contribution in [3.63, 3.8) is 0 Å². The summed E-state index contributed by atoms with van der Waals surface area (Å²) >= 11 is 1.25. The Labute approximate surface area is 165 Å². The van der Waals surface area contributed by atoms with Gasteiger partial charge >= 0.3 is 0 Å². The van der Waals surface area contributed by atoms with Gasteiger partial charge in [0.25, 0.3) is 5.56 Å². The summed E-state index contributed by atoms with van der Waals surface area (Å²) in [6.45, 7) is 2.36. The van der Waals surface area contributed by atoms with E-state index in [1.807, 2.05) is 30.5 Å². The lowest BCUT2D eigenvalue weighted by Crippen LogP contribution is -2.32. The Morgan fingerprint density at radius 3 is 2.75 bits per heavy atom. The van der Waals surface area contributed by atoms with Gasteiger partial charge in [0.05, 0.1) is 16.2 Å². The number of rotatable bonds is 6. The van der Waals surface area contributed by atoms with Crippen molar-refractivity contribution >= 4 is 39.5 Å². The number of fused-ring (bicyclic) bond motifs is 2. The molecule has 0 radical (unpaired) electrons. The summed E-state index contributed by atoms with van der Waals surface area (Å²) < 4.78 is 0. The van der Waals surface area contributed by atoms with Gasteiger partial charge in [-0.1, -0.05) is 42.1 Å². The van der Waals surface area contributed by atoms with Crippen LogP contribution in [0.5, 0.6) is 0 Å². The predicted octanol–water partition coefficient (Wildman–Crippen LogP) is 3.24. The second-order valence-corrected chi connectivity index (χ2v) is 7.88.